The molecular formula is C26H28N4O3. The van der Waals surface area contributed by atoms with E-state index in [2.05, 4.69) is 63.4 Å². The van der Waals surface area contributed by atoms with Gasteiger partial charge in [0.1, 0.15) is 5.82 Å². The Morgan fingerprint density at radius 2 is 1.64 bits per heavy atom. The molecule has 33 heavy (non-hydrogen) atoms. The van der Waals surface area contributed by atoms with Crippen molar-refractivity contribution in [1.82, 2.24) is 9.97 Å². The van der Waals surface area contributed by atoms with Crippen molar-refractivity contribution < 1.29 is 14.3 Å². The third kappa shape index (κ3) is 5.37. The summed E-state index contributed by atoms with van der Waals surface area (Å²) >= 11 is 0. The van der Waals surface area contributed by atoms with E-state index < -0.39 is 11.9 Å². The van der Waals surface area contributed by atoms with Crippen LogP contribution in [0.4, 0.5) is 5.69 Å². The number of piperidine rings is 1. The largest absolute Gasteiger partial charge is 0.422 e. The predicted molar refractivity (Wildman–Crippen MR) is 127 cm³/mol. The monoisotopic (exact) mass is 444 g/mol. The molecule has 0 bridgehead atoms. The van der Waals surface area contributed by atoms with Gasteiger partial charge in [-0.25, -0.2) is 9.97 Å². The van der Waals surface area contributed by atoms with Crippen LogP contribution in [0.5, 0.6) is 5.75 Å². The Labute approximate surface area is 193 Å². The Morgan fingerprint density at radius 3 is 2.24 bits per heavy atom. The van der Waals surface area contributed by atoms with Crippen molar-refractivity contribution in [3.8, 4) is 16.9 Å². The van der Waals surface area contributed by atoms with Crippen LogP contribution in [-0.4, -0.2) is 34.9 Å². The van der Waals surface area contributed by atoms with Gasteiger partial charge >= 0.3 is 5.97 Å². The van der Waals surface area contributed by atoms with Crippen molar-refractivity contribution in [2.75, 3.05) is 18.0 Å². The highest BCUT2D eigenvalue weighted by Gasteiger charge is 2.24. The number of aryl methyl sites for hydroxylation is 1. The summed E-state index contributed by atoms with van der Waals surface area (Å²) in [5, 5.41) is 0. The molecule has 0 unspecified atom stereocenters. The van der Waals surface area contributed by atoms with Gasteiger partial charge < -0.3 is 15.4 Å². The van der Waals surface area contributed by atoms with E-state index in [1.165, 1.54) is 23.7 Å². The highest BCUT2D eigenvalue weighted by Crippen LogP contribution is 2.28. The van der Waals surface area contributed by atoms with Crippen LogP contribution in [-0.2, 0) is 11.2 Å². The van der Waals surface area contributed by atoms with Gasteiger partial charge in [0.15, 0.2) is 11.4 Å². The Hall–Kier alpha value is -3.74. The lowest BCUT2D eigenvalue weighted by Crippen LogP contribution is -2.34. The molecule has 7 heteroatoms. The number of benzene rings is 2. The molecule has 1 aromatic heterocycles. The Bertz CT molecular complexity index is 1140. The second-order valence-corrected chi connectivity index (χ2v) is 8.41. The van der Waals surface area contributed by atoms with E-state index in [9.17, 15) is 9.59 Å². The van der Waals surface area contributed by atoms with Crippen LogP contribution < -0.4 is 15.4 Å². The molecule has 3 aromatic rings. The zero-order valence-corrected chi connectivity index (χ0v) is 19.0. The van der Waals surface area contributed by atoms with E-state index >= 15 is 0 Å². The third-order valence-corrected chi connectivity index (χ3v) is 5.99. The number of primary amides is 1. The van der Waals surface area contributed by atoms with Crippen molar-refractivity contribution in [3.05, 3.63) is 71.8 Å². The first-order valence-corrected chi connectivity index (χ1v) is 11.2. The number of nitrogens with zero attached hydrogens (tertiary/aromatic N) is 3. The van der Waals surface area contributed by atoms with Crippen molar-refractivity contribution >= 4 is 17.6 Å². The van der Waals surface area contributed by atoms with Crippen LogP contribution >= 0.6 is 0 Å². The van der Waals surface area contributed by atoms with E-state index in [0.717, 1.165) is 25.9 Å². The normalized spacial score (nSPS) is 14.2. The lowest BCUT2D eigenvalue weighted by Gasteiger charge is -2.33. The molecule has 0 atom stereocenters. The zero-order chi connectivity index (χ0) is 23.4. The summed E-state index contributed by atoms with van der Waals surface area (Å²) in [4.78, 5) is 34.4. The van der Waals surface area contributed by atoms with Crippen LogP contribution in [0, 0.1) is 12.8 Å². The zero-order valence-electron chi connectivity index (χ0n) is 19.0. The standard InChI is InChI=1S/C26H28N4O3/c1-17-25(33-18(2)31)24(26(27)32)29-23(28-17)16-19-12-14-30(15-13-19)22-10-8-21(9-11-22)20-6-4-3-5-7-20/h3-11,19H,12-16H2,1-2H3,(H2,27,32). The van der Waals surface area contributed by atoms with Gasteiger partial charge in [-0.1, -0.05) is 42.5 Å². The molecule has 2 heterocycles. The van der Waals surface area contributed by atoms with Crippen LogP contribution in [0.15, 0.2) is 54.6 Å². The van der Waals surface area contributed by atoms with E-state index in [1.807, 2.05) is 6.07 Å². The minimum atomic E-state index is -0.730. The van der Waals surface area contributed by atoms with Gasteiger partial charge in [-0.2, -0.15) is 0 Å². The molecule has 7 nitrogen and oxygen atoms in total. The number of rotatable bonds is 6. The molecule has 2 aromatic carbocycles. The number of amides is 1. The number of nitrogens with two attached hydrogens (primary N) is 1. The quantitative estimate of drug-likeness (QED) is 0.579. The average Bonchev–Trinajstić information content (AvgIpc) is 2.81. The number of ether oxygens (including phenoxy) is 1. The maximum absolute atomic E-state index is 11.8. The fraction of sp³-hybridized carbons (Fsp3) is 0.308. The first-order chi connectivity index (χ1) is 15.9. The molecule has 1 aliphatic rings. The third-order valence-electron chi connectivity index (χ3n) is 5.99. The second kappa shape index (κ2) is 9.81. The number of aromatic nitrogens is 2. The average molecular weight is 445 g/mol. The fourth-order valence-corrected chi connectivity index (χ4v) is 4.29. The molecule has 4 rings (SSSR count). The summed E-state index contributed by atoms with van der Waals surface area (Å²) in [6.07, 6.45) is 2.66. The topological polar surface area (TPSA) is 98.4 Å². The van der Waals surface area contributed by atoms with Crippen molar-refractivity contribution in [3.63, 3.8) is 0 Å². The Balaban J connectivity index is 1.39. The minimum absolute atomic E-state index is 0.0383. The molecule has 1 amide bonds. The van der Waals surface area contributed by atoms with Crippen LogP contribution in [0.1, 0.15) is 41.8 Å². The van der Waals surface area contributed by atoms with Gasteiger partial charge in [0, 0.05) is 32.1 Å². The summed E-state index contributed by atoms with van der Waals surface area (Å²) in [5.74, 6) is -0.257. The molecule has 0 aliphatic carbocycles. The van der Waals surface area contributed by atoms with Crippen molar-refractivity contribution in [2.45, 2.75) is 33.1 Å². The van der Waals surface area contributed by atoms with Gasteiger partial charge in [-0.3, -0.25) is 9.59 Å². The maximum Gasteiger partial charge on any atom is 0.308 e. The summed E-state index contributed by atoms with van der Waals surface area (Å²) in [5.41, 5.74) is 9.52. The predicted octanol–water partition coefficient (Wildman–Crippen LogP) is 3.94. The molecule has 1 fully saturated rings. The number of hydrogen-bond donors (Lipinski definition) is 1. The molecule has 170 valence electrons. The van der Waals surface area contributed by atoms with Gasteiger partial charge in [0.25, 0.3) is 5.91 Å². The van der Waals surface area contributed by atoms with E-state index in [-0.39, 0.29) is 11.4 Å². The Morgan fingerprint density at radius 1 is 1.00 bits per heavy atom. The number of carbonyl (C=O) groups excluding carboxylic acids is 2. The first kappa shape index (κ1) is 22.5. The fourth-order valence-electron chi connectivity index (χ4n) is 4.29. The summed E-state index contributed by atoms with van der Waals surface area (Å²) in [7, 11) is 0. The van der Waals surface area contributed by atoms with Gasteiger partial charge in [0.05, 0.1) is 5.69 Å². The Kier molecular flexibility index (Phi) is 6.68. The minimum Gasteiger partial charge on any atom is -0.422 e. The molecule has 0 spiro atoms. The molecule has 0 radical (unpaired) electrons. The SMILES string of the molecule is CC(=O)Oc1c(C)nc(CC2CCN(c3ccc(-c4ccccc4)cc3)CC2)nc1C(N)=O. The molecule has 1 saturated heterocycles. The highest BCUT2D eigenvalue weighted by atomic mass is 16.5. The summed E-state index contributed by atoms with van der Waals surface area (Å²) in [6.45, 7) is 4.85. The van der Waals surface area contributed by atoms with Crippen molar-refractivity contribution in [1.29, 1.82) is 0 Å². The second-order valence-electron chi connectivity index (χ2n) is 8.41. The number of anilines is 1. The summed E-state index contributed by atoms with van der Waals surface area (Å²) < 4.78 is 5.11. The highest BCUT2D eigenvalue weighted by molar-refractivity contribution is 5.94. The van der Waals surface area contributed by atoms with Crippen LogP contribution in [0.2, 0.25) is 0 Å². The molecule has 0 saturated carbocycles. The maximum atomic E-state index is 11.8. The number of esters is 1. The van der Waals surface area contributed by atoms with Gasteiger partial charge in [0.2, 0.25) is 0 Å². The van der Waals surface area contributed by atoms with Gasteiger partial charge in [-0.15, -0.1) is 0 Å². The molecular weight excluding hydrogens is 416 g/mol. The van der Waals surface area contributed by atoms with Crippen LogP contribution in [0.25, 0.3) is 11.1 Å². The number of hydrogen-bond acceptors (Lipinski definition) is 6. The van der Waals surface area contributed by atoms with Crippen molar-refractivity contribution in [2.24, 2.45) is 11.7 Å². The smallest absolute Gasteiger partial charge is 0.308 e. The lowest BCUT2D eigenvalue weighted by molar-refractivity contribution is -0.132. The first-order valence-electron chi connectivity index (χ1n) is 11.2. The summed E-state index contributed by atoms with van der Waals surface area (Å²) in [6, 6.07) is 19.1. The number of carbonyl (C=O) groups is 2. The van der Waals surface area contributed by atoms with E-state index in [1.54, 1.807) is 6.92 Å². The van der Waals surface area contributed by atoms with E-state index in [4.69, 9.17) is 10.5 Å². The molecule has 1 aliphatic heterocycles. The van der Waals surface area contributed by atoms with Crippen LogP contribution in [0.3, 0.4) is 0 Å². The van der Waals surface area contributed by atoms with Gasteiger partial charge in [-0.05, 0) is 48.9 Å². The lowest BCUT2D eigenvalue weighted by atomic mass is 9.92. The van der Waals surface area contributed by atoms with E-state index in [0.29, 0.717) is 23.9 Å². The molecule has 2 N–H and O–H groups in total.